The first kappa shape index (κ1) is 14.7. The standard InChI is InChI=1S/C16H14N4O3/c21-14(11-4-2-1-3-5-11)18-8-9-23-16-19-13-10-17-7-6-12(13)15(22)20-16/h1-7,10H,8-9H2,(H,18,21)(H,19,20,22). The number of carbonyl (C=O) groups is 1. The Hall–Kier alpha value is -3.22. The van der Waals surface area contributed by atoms with Crippen LogP contribution < -0.4 is 10.1 Å². The van der Waals surface area contributed by atoms with Crippen molar-refractivity contribution < 1.29 is 14.6 Å². The molecule has 116 valence electrons. The molecular weight excluding hydrogens is 296 g/mol. The van der Waals surface area contributed by atoms with E-state index in [4.69, 9.17) is 4.74 Å². The summed E-state index contributed by atoms with van der Waals surface area (Å²) in [5.41, 5.74) is 1.07. The zero-order valence-corrected chi connectivity index (χ0v) is 12.1. The number of pyridine rings is 1. The predicted octanol–water partition coefficient (Wildman–Crippen LogP) is 1.54. The fourth-order valence-electron chi connectivity index (χ4n) is 2.01. The second kappa shape index (κ2) is 6.69. The van der Waals surface area contributed by atoms with Crippen molar-refractivity contribution in [2.45, 2.75) is 0 Å². The van der Waals surface area contributed by atoms with Gasteiger partial charge < -0.3 is 15.2 Å². The molecule has 7 nitrogen and oxygen atoms in total. The van der Waals surface area contributed by atoms with Gasteiger partial charge in [0.1, 0.15) is 6.61 Å². The topological polar surface area (TPSA) is 97.2 Å². The lowest BCUT2D eigenvalue weighted by atomic mass is 10.2. The van der Waals surface area contributed by atoms with E-state index in [1.807, 2.05) is 6.07 Å². The highest BCUT2D eigenvalue weighted by Crippen LogP contribution is 2.22. The van der Waals surface area contributed by atoms with Crippen molar-refractivity contribution in [1.29, 1.82) is 0 Å². The number of ether oxygens (including phenoxy) is 1. The number of benzene rings is 1. The van der Waals surface area contributed by atoms with Gasteiger partial charge in [0.05, 0.1) is 23.6 Å². The quantitative estimate of drug-likeness (QED) is 0.694. The van der Waals surface area contributed by atoms with Gasteiger partial charge in [-0.25, -0.2) is 0 Å². The number of aromatic hydroxyl groups is 1. The van der Waals surface area contributed by atoms with Crippen LogP contribution in [-0.4, -0.2) is 39.1 Å². The Morgan fingerprint density at radius 2 is 2.00 bits per heavy atom. The van der Waals surface area contributed by atoms with Crippen LogP contribution in [-0.2, 0) is 0 Å². The molecular formula is C16H14N4O3. The van der Waals surface area contributed by atoms with Crippen LogP contribution in [0.4, 0.5) is 0 Å². The van der Waals surface area contributed by atoms with Crippen molar-refractivity contribution >= 4 is 16.8 Å². The molecule has 3 rings (SSSR count). The summed E-state index contributed by atoms with van der Waals surface area (Å²) in [6.07, 6.45) is 3.06. The number of rotatable bonds is 5. The molecule has 1 amide bonds. The highest BCUT2D eigenvalue weighted by Gasteiger charge is 2.08. The Balaban J connectivity index is 1.56. The lowest BCUT2D eigenvalue weighted by Crippen LogP contribution is -2.28. The highest BCUT2D eigenvalue weighted by molar-refractivity contribution is 5.94. The van der Waals surface area contributed by atoms with E-state index in [0.717, 1.165) is 0 Å². The summed E-state index contributed by atoms with van der Waals surface area (Å²) in [5, 5.41) is 13.0. The maximum absolute atomic E-state index is 11.8. The first-order valence-corrected chi connectivity index (χ1v) is 7.01. The van der Waals surface area contributed by atoms with Gasteiger partial charge in [-0.1, -0.05) is 18.2 Å². The van der Waals surface area contributed by atoms with E-state index in [1.54, 1.807) is 36.5 Å². The minimum absolute atomic E-state index is 0.0389. The molecule has 0 spiro atoms. The summed E-state index contributed by atoms with van der Waals surface area (Å²) < 4.78 is 5.36. The molecule has 2 heterocycles. The zero-order chi connectivity index (χ0) is 16.1. The molecule has 0 aliphatic heterocycles. The summed E-state index contributed by atoms with van der Waals surface area (Å²) in [4.78, 5) is 23.8. The van der Waals surface area contributed by atoms with Crippen LogP contribution in [0.3, 0.4) is 0 Å². The third kappa shape index (κ3) is 3.52. The van der Waals surface area contributed by atoms with Crippen LogP contribution in [0.15, 0.2) is 48.8 Å². The van der Waals surface area contributed by atoms with E-state index in [-0.39, 0.29) is 24.4 Å². The summed E-state index contributed by atoms with van der Waals surface area (Å²) in [6.45, 7) is 0.479. The van der Waals surface area contributed by atoms with E-state index in [9.17, 15) is 9.90 Å². The van der Waals surface area contributed by atoms with Crippen LogP contribution >= 0.6 is 0 Å². The van der Waals surface area contributed by atoms with Gasteiger partial charge in [-0.3, -0.25) is 9.78 Å². The minimum Gasteiger partial charge on any atom is -0.493 e. The number of carbonyl (C=O) groups excluding carboxylic acids is 1. The number of amides is 1. The molecule has 0 radical (unpaired) electrons. The molecule has 7 heteroatoms. The Morgan fingerprint density at radius 1 is 1.17 bits per heavy atom. The molecule has 1 aromatic carbocycles. The maximum Gasteiger partial charge on any atom is 0.320 e. The average molecular weight is 310 g/mol. The zero-order valence-electron chi connectivity index (χ0n) is 12.1. The van der Waals surface area contributed by atoms with E-state index in [0.29, 0.717) is 23.0 Å². The number of aromatic nitrogens is 3. The highest BCUT2D eigenvalue weighted by atomic mass is 16.5. The van der Waals surface area contributed by atoms with E-state index < -0.39 is 0 Å². The Kier molecular flexibility index (Phi) is 4.28. The lowest BCUT2D eigenvalue weighted by Gasteiger charge is -2.07. The van der Waals surface area contributed by atoms with Crippen LogP contribution in [0.25, 0.3) is 10.9 Å². The lowest BCUT2D eigenvalue weighted by molar-refractivity contribution is 0.0946. The molecule has 2 aromatic heterocycles. The monoisotopic (exact) mass is 310 g/mol. The van der Waals surface area contributed by atoms with Crippen LogP contribution in [0.2, 0.25) is 0 Å². The number of hydrogen-bond acceptors (Lipinski definition) is 6. The second-order valence-corrected chi connectivity index (χ2v) is 4.69. The number of nitrogens with one attached hydrogen (secondary N) is 1. The Labute approximate surface area is 132 Å². The van der Waals surface area contributed by atoms with Crippen molar-refractivity contribution in [2.75, 3.05) is 13.2 Å². The number of nitrogens with zero attached hydrogens (tertiary/aromatic N) is 3. The normalized spacial score (nSPS) is 10.4. The van der Waals surface area contributed by atoms with Gasteiger partial charge in [-0.15, -0.1) is 0 Å². The smallest absolute Gasteiger partial charge is 0.320 e. The van der Waals surface area contributed by atoms with E-state index in [1.165, 1.54) is 6.20 Å². The molecule has 0 aliphatic carbocycles. The van der Waals surface area contributed by atoms with Crippen molar-refractivity contribution in [3.05, 3.63) is 54.4 Å². The Morgan fingerprint density at radius 3 is 2.83 bits per heavy atom. The van der Waals surface area contributed by atoms with Crippen LogP contribution in [0, 0.1) is 0 Å². The number of hydrogen-bond donors (Lipinski definition) is 2. The van der Waals surface area contributed by atoms with E-state index >= 15 is 0 Å². The summed E-state index contributed by atoms with van der Waals surface area (Å²) in [5.74, 6) is -0.346. The molecule has 0 aliphatic rings. The van der Waals surface area contributed by atoms with Crippen LogP contribution in [0.5, 0.6) is 11.9 Å². The van der Waals surface area contributed by atoms with Gasteiger partial charge in [0.25, 0.3) is 5.91 Å². The average Bonchev–Trinajstić information content (AvgIpc) is 2.59. The molecule has 0 fully saturated rings. The largest absolute Gasteiger partial charge is 0.493 e. The Bertz CT molecular complexity index is 824. The molecule has 0 atom stereocenters. The first-order valence-electron chi connectivity index (χ1n) is 7.01. The molecule has 0 unspecified atom stereocenters. The van der Waals surface area contributed by atoms with Crippen LogP contribution in [0.1, 0.15) is 10.4 Å². The fraction of sp³-hybridized carbons (Fsp3) is 0.125. The molecule has 3 aromatic rings. The van der Waals surface area contributed by atoms with Crippen molar-refractivity contribution in [1.82, 2.24) is 20.3 Å². The maximum atomic E-state index is 11.8. The van der Waals surface area contributed by atoms with Gasteiger partial charge in [-0.2, -0.15) is 9.97 Å². The molecule has 0 bridgehead atoms. The fourth-order valence-corrected chi connectivity index (χ4v) is 2.01. The molecule has 0 saturated heterocycles. The minimum atomic E-state index is -0.180. The summed E-state index contributed by atoms with van der Waals surface area (Å²) in [7, 11) is 0. The third-order valence-corrected chi connectivity index (χ3v) is 3.11. The van der Waals surface area contributed by atoms with Crippen molar-refractivity contribution in [2.24, 2.45) is 0 Å². The summed E-state index contributed by atoms with van der Waals surface area (Å²) >= 11 is 0. The van der Waals surface area contributed by atoms with Crippen molar-refractivity contribution in [3.63, 3.8) is 0 Å². The van der Waals surface area contributed by atoms with Gasteiger partial charge in [0.2, 0.25) is 5.88 Å². The van der Waals surface area contributed by atoms with E-state index in [2.05, 4.69) is 20.3 Å². The van der Waals surface area contributed by atoms with Gasteiger partial charge in [0.15, 0.2) is 0 Å². The summed E-state index contributed by atoms with van der Waals surface area (Å²) in [6, 6.07) is 10.6. The molecule has 2 N–H and O–H groups in total. The predicted molar refractivity (Wildman–Crippen MR) is 83.3 cm³/mol. The molecule has 0 saturated carbocycles. The second-order valence-electron chi connectivity index (χ2n) is 4.69. The first-order chi connectivity index (χ1) is 11.2. The number of fused-ring (bicyclic) bond motifs is 1. The van der Waals surface area contributed by atoms with Crippen molar-refractivity contribution in [3.8, 4) is 11.9 Å². The molecule has 23 heavy (non-hydrogen) atoms. The SMILES string of the molecule is O=C(NCCOc1nc(O)c2ccncc2n1)c1ccccc1. The third-order valence-electron chi connectivity index (χ3n) is 3.11. The van der Waals surface area contributed by atoms with Gasteiger partial charge >= 0.3 is 6.01 Å². The van der Waals surface area contributed by atoms with Gasteiger partial charge in [0, 0.05) is 11.8 Å². The van der Waals surface area contributed by atoms with Gasteiger partial charge in [-0.05, 0) is 18.2 Å².